The fraction of sp³-hybridized carbons (Fsp3) is 0.308. The van der Waals surface area contributed by atoms with E-state index in [1.807, 2.05) is 24.4 Å². The van der Waals surface area contributed by atoms with Crippen molar-refractivity contribution in [1.82, 2.24) is 19.9 Å². The Balaban J connectivity index is 1.18. The van der Waals surface area contributed by atoms with Crippen LogP contribution >= 0.6 is 23.4 Å². The molecule has 2 aliphatic rings. The molecule has 0 unspecified atom stereocenters. The second-order valence-electron chi connectivity index (χ2n) is 9.48. The van der Waals surface area contributed by atoms with E-state index in [4.69, 9.17) is 28.1 Å². The molecular weight excluding hydrogens is 478 g/mol. The van der Waals surface area contributed by atoms with Crippen molar-refractivity contribution in [2.24, 2.45) is 11.1 Å². The third-order valence-electron chi connectivity index (χ3n) is 7.51. The van der Waals surface area contributed by atoms with Crippen LogP contribution in [0, 0.1) is 12.3 Å². The minimum Gasteiger partial charge on any atom is -0.382 e. The number of hydrogen-bond acceptors (Lipinski definition) is 8. The highest BCUT2D eigenvalue weighted by Gasteiger charge is 2.46. The van der Waals surface area contributed by atoms with Crippen LogP contribution in [0.5, 0.6) is 0 Å². The molecule has 1 spiro atoms. The maximum absolute atomic E-state index is 6.79. The molecule has 4 aromatic rings. The molecule has 1 atom stereocenters. The summed E-state index contributed by atoms with van der Waals surface area (Å²) in [6, 6.07) is 12.4. The van der Waals surface area contributed by atoms with Crippen LogP contribution in [0.1, 0.15) is 35.6 Å². The van der Waals surface area contributed by atoms with Gasteiger partial charge in [0.15, 0.2) is 5.65 Å². The monoisotopic (exact) mass is 503 g/mol. The van der Waals surface area contributed by atoms with Gasteiger partial charge in [-0.05, 0) is 66.5 Å². The van der Waals surface area contributed by atoms with Crippen molar-refractivity contribution in [1.29, 1.82) is 0 Å². The van der Waals surface area contributed by atoms with Gasteiger partial charge in [-0.2, -0.15) is 0 Å². The zero-order valence-electron chi connectivity index (χ0n) is 19.4. The van der Waals surface area contributed by atoms with Crippen LogP contribution in [0.3, 0.4) is 0 Å². The number of rotatable bonds is 3. The number of aromatic nitrogens is 4. The first-order chi connectivity index (χ1) is 16.9. The van der Waals surface area contributed by atoms with Crippen LogP contribution < -0.4 is 16.4 Å². The fourth-order valence-electron chi connectivity index (χ4n) is 5.44. The number of anilines is 2. The maximum atomic E-state index is 6.79. The molecule has 4 N–H and O–H groups in total. The molecule has 0 radical (unpaired) electrons. The fourth-order valence-corrected chi connectivity index (χ4v) is 6.48. The molecule has 1 saturated heterocycles. The van der Waals surface area contributed by atoms with E-state index >= 15 is 0 Å². The van der Waals surface area contributed by atoms with Gasteiger partial charge in [-0.15, -0.1) is 0 Å². The summed E-state index contributed by atoms with van der Waals surface area (Å²) in [5.41, 5.74) is 18.3. The number of hydrogen-bond donors (Lipinski definition) is 2. The number of pyridine rings is 2. The molecule has 7 nitrogen and oxygen atoms in total. The average Bonchev–Trinajstić information content (AvgIpc) is 3.14. The van der Waals surface area contributed by atoms with E-state index in [0.29, 0.717) is 16.5 Å². The Labute approximate surface area is 213 Å². The van der Waals surface area contributed by atoms with Crippen LogP contribution in [0.4, 0.5) is 11.6 Å². The van der Waals surface area contributed by atoms with Gasteiger partial charge in [0.2, 0.25) is 0 Å². The second kappa shape index (κ2) is 8.62. The molecular formula is C26H26ClN7S. The number of piperidine rings is 1. The second-order valence-corrected chi connectivity index (χ2v) is 10.9. The van der Waals surface area contributed by atoms with Crippen molar-refractivity contribution in [3.05, 3.63) is 70.5 Å². The SMILES string of the molecule is Cc1cccc2c1CC1(CCN(c3cnc4nc(Sc5ccnc(N)c5Cl)ccc4n3)CC1)[C@@H]2N. The van der Waals surface area contributed by atoms with Crippen LogP contribution in [0.2, 0.25) is 5.02 Å². The lowest BCUT2D eigenvalue weighted by Crippen LogP contribution is -2.44. The van der Waals surface area contributed by atoms with Gasteiger partial charge < -0.3 is 16.4 Å². The third-order valence-corrected chi connectivity index (χ3v) is 9.02. The van der Waals surface area contributed by atoms with Gasteiger partial charge >= 0.3 is 0 Å². The standard InChI is InChI=1S/C26H26ClN7S/c1-15-3-2-4-16-17(15)13-26(23(16)28)8-11-34(12-9-26)20-14-31-25-18(32-20)5-6-21(33-25)35-19-7-10-30-24(29)22(19)27/h2-7,10,14,23H,8-9,11-13,28H2,1H3,(H2,29,30)/t23-/m1/s1. The van der Waals surface area contributed by atoms with Crippen molar-refractivity contribution < 1.29 is 0 Å². The summed E-state index contributed by atoms with van der Waals surface area (Å²) in [6.07, 6.45) is 6.63. The Morgan fingerprint density at radius 2 is 1.91 bits per heavy atom. The zero-order valence-corrected chi connectivity index (χ0v) is 21.0. The Bertz CT molecular complexity index is 1430. The molecule has 0 amide bonds. The predicted octanol–water partition coefficient (Wildman–Crippen LogP) is 4.96. The number of nitrogens with two attached hydrogens (primary N) is 2. The van der Waals surface area contributed by atoms with Gasteiger partial charge in [0.05, 0.1) is 11.2 Å². The van der Waals surface area contributed by atoms with Gasteiger partial charge in [0, 0.05) is 30.2 Å². The van der Waals surface area contributed by atoms with Gasteiger partial charge in [-0.25, -0.2) is 19.9 Å². The van der Waals surface area contributed by atoms with Crippen molar-refractivity contribution >= 4 is 46.2 Å². The van der Waals surface area contributed by atoms with Crippen LogP contribution in [0.25, 0.3) is 11.2 Å². The Morgan fingerprint density at radius 3 is 2.71 bits per heavy atom. The quantitative estimate of drug-likeness (QED) is 0.404. The number of benzene rings is 1. The van der Waals surface area contributed by atoms with Crippen LogP contribution in [-0.4, -0.2) is 33.0 Å². The first-order valence-corrected chi connectivity index (χ1v) is 12.9. The van der Waals surface area contributed by atoms with Crippen LogP contribution in [0.15, 0.2) is 58.7 Å². The molecule has 1 aliphatic heterocycles. The van der Waals surface area contributed by atoms with Crippen molar-refractivity contribution in [3.8, 4) is 0 Å². The molecule has 0 bridgehead atoms. The smallest absolute Gasteiger partial charge is 0.179 e. The summed E-state index contributed by atoms with van der Waals surface area (Å²) in [5, 5.41) is 1.21. The van der Waals surface area contributed by atoms with Crippen LogP contribution in [-0.2, 0) is 6.42 Å². The normalized spacial score (nSPS) is 18.8. The van der Waals surface area contributed by atoms with Crippen molar-refractivity contribution in [3.63, 3.8) is 0 Å². The van der Waals surface area contributed by atoms with E-state index in [1.54, 1.807) is 6.20 Å². The third kappa shape index (κ3) is 3.90. The lowest BCUT2D eigenvalue weighted by molar-refractivity contribution is 0.187. The van der Waals surface area contributed by atoms with Gasteiger partial charge in [0.25, 0.3) is 0 Å². The number of nitrogen functional groups attached to an aromatic ring is 1. The lowest BCUT2D eigenvalue weighted by atomic mass is 9.73. The van der Waals surface area contributed by atoms with E-state index < -0.39 is 0 Å². The highest BCUT2D eigenvalue weighted by molar-refractivity contribution is 7.99. The Kier molecular flexibility index (Phi) is 5.55. The molecule has 3 aromatic heterocycles. The van der Waals surface area contributed by atoms with Crippen molar-refractivity contribution in [2.75, 3.05) is 23.7 Å². The lowest BCUT2D eigenvalue weighted by Gasteiger charge is -2.42. The number of aryl methyl sites for hydroxylation is 1. The number of fused-ring (bicyclic) bond motifs is 2. The van der Waals surface area contributed by atoms with Gasteiger partial charge in [0.1, 0.15) is 22.2 Å². The largest absolute Gasteiger partial charge is 0.382 e. The predicted molar refractivity (Wildman–Crippen MR) is 141 cm³/mol. The van der Waals surface area contributed by atoms with E-state index in [9.17, 15) is 0 Å². The van der Waals surface area contributed by atoms with E-state index in [1.165, 1.54) is 28.5 Å². The van der Waals surface area contributed by atoms with Crippen molar-refractivity contribution in [2.45, 2.75) is 42.1 Å². The number of halogens is 1. The van der Waals surface area contributed by atoms with Gasteiger partial charge in [-0.1, -0.05) is 41.6 Å². The zero-order chi connectivity index (χ0) is 24.2. The minimum absolute atomic E-state index is 0.103. The van der Waals surface area contributed by atoms with E-state index in [-0.39, 0.29) is 11.5 Å². The summed E-state index contributed by atoms with van der Waals surface area (Å²) in [5.74, 6) is 1.20. The first kappa shape index (κ1) is 22.5. The molecule has 35 heavy (non-hydrogen) atoms. The molecule has 4 heterocycles. The molecule has 0 saturated carbocycles. The molecule has 6 rings (SSSR count). The molecule has 1 fully saturated rings. The Hall–Kier alpha value is -2.94. The summed E-state index contributed by atoms with van der Waals surface area (Å²) in [4.78, 5) is 21.3. The highest BCUT2D eigenvalue weighted by Crippen LogP contribution is 2.51. The first-order valence-electron chi connectivity index (χ1n) is 11.7. The Morgan fingerprint density at radius 1 is 1.09 bits per heavy atom. The summed E-state index contributed by atoms with van der Waals surface area (Å²) in [6.45, 7) is 4.04. The molecule has 1 aromatic carbocycles. The number of nitrogens with zero attached hydrogens (tertiary/aromatic N) is 5. The average molecular weight is 504 g/mol. The summed E-state index contributed by atoms with van der Waals surface area (Å²) in [7, 11) is 0. The highest BCUT2D eigenvalue weighted by atomic mass is 35.5. The molecule has 1 aliphatic carbocycles. The maximum Gasteiger partial charge on any atom is 0.179 e. The summed E-state index contributed by atoms with van der Waals surface area (Å²) >= 11 is 7.71. The van der Waals surface area contributed by atoms with Gasteiger partial charge in [-0.3, -0.25) is 0 Å². The topological polar surface area (TPSA) is 107 Å². The van der Waals surface area contributed by atoms with E-state index in [0.717, 1.165) is 53.6 Å². The minimum atomic E-state index is 0.103. The molecule has 178 valence electrons. The van der Waals surface area contributed by atoms with E-state index in [2.05, 4.69) is 45.0 Å². The molecule has 9 heteroatoms. The summed E-state index contributed by atoms with van der Waals surface area (Å²) < 4.78 is 0.